The maximum Gasteiger partial charge on any atom is 0.0996 e. The Morgan fingerprint density at radius 1 is 1.18 bits per heavy atom. The van der Waals surface area contributed by atoms with Crippen molar-refractivity contribution in [1.29, 1.82) is 0 Å². The number of allylic oxidation sites excluding steroid dienone is 1. The van der Waals surface area contributed by atoms with E-state index in [0.717, 1.165) is 13.1 Å². The van der Waals surface area contributed by atoms with Crippen molar-refractivity contribution in [1.82, 2.24) is 9.80 Å². The van der Waals surface area contributed by atoms with E-state index in [2.05, 4.69) is 43.8 Å². The fraction of sp³-hybridized carbons (Fsp3) is 0.778. The van der Waals surface area contributed by atoms with Crippen molar-refractivity contribution in [2.45, 2.75) is 13.8 Å². The molecule has 0 spiro atoms. The second-order valence-electron chi connectivity index (χ2n) is 3.61. The van der Waals surface area contributed by atoms with E-state index < -0.39 is 0 Å². The van der Waals surface area contributed by atoms with Gasteiger partial charge in [0.15, 0.2) is 0 Å². The van der Waals surface area contributed by atoms with Crippen molar-refractivity contribution in [2.24, 2.45) is 5.92 Å². The standard InChI is InChI=1S/C9H18N2/c1-8(2)7-9-10(3)5-6-11(9)4/h7-8H,5-6H2,1-4H3. The third-order valence-corrected chi connectivity index (χ3v) is 2.04. The lowest BCUT2D eigenvalue weighted by molar-refractivity contribution is 0.415. The Labute approximate surface area is 69.5 Å². The second kappa shape index (κ2) is 3.16. The molecule has 0 aromatic heterocycles. The molecule has 0 radical (unpaired) electrons. The zero-order chi connectivity index (χ0) is 8.43. The van der Waals surface area contributed by atoms with Gasteiger partial charge in [-0.25, -0.2) is 0 Å². The van der Waals surface area contributed by atoms with Gasteiger partial charge in [0.25, 0.3) is 0 Å². The van der Waals surface area contributed by atoms with E-state index in [-0.39, 0.29) is 0 Å². The summed E-state index contributed by atoms with van der Waals surface area (Å²) in [5.41, 5.74) is 0. The van der Waals surface area contributed by atoms with Crippen molar-refractivity contribution in [3.8, 4) is 0 Å². The summed E-state index contributed by atoms with van der Waals surface area (Å²) in [5, 5.41) is 0. The van der Waals surface area contributed by atoms with E-state index in [1.807, 2.05) is 0 Å². The first-order valence-corrected chi connectivity index (χ1v) is 4.25. The van der Waals surface area contributed by atoms with Crippen LogP contribution in [-0.2, 0) is 0 Å². The summed E-state index contributed by atoms with van der Waals surface area (Å²) in [6.07, 6.45) is 2.31. The monoisotopic (exact) mass is 154 g/mol. The molecule has 0 amide bonds. The van der Waals surface area contributed by atoms with Gasteiger partial charge in [-0.3, -0.25) is 0 Å². The van der Waals surface area contributed by atoms with Crippen LogP contribution in [0.5, 0.6) is 0 Å². The van der Waals surface area contributed by atoms with Gasteiger partial charge in [-0.2, -0.15) is 0 Å². The van der Waals surface area contributed by atoms with Gasteiger partial charge in [0, 0.05) is 27.2 Å². The summed E-state index contributed by atoms with van der Waals surface area (Å²) in [5.74, 6) is 2.02. The van der Waals surface area contributed by atoms with Crippen LogP contribution in [0.4, 0.5) is 0 Å². The molecule has 0 aromatic carbocycles. The highest BCUT2D eigenvalue weighted by atomic mass is 15.4. The van der Waals surface area contributed by atoms with Crippen LogP contribution in [-0.4, -0.2) is 37.0 Å². The highest BCUT2D eigenvalue weighted by molar-refractivity contribution is 5.04. The van der Waals surface area contributed by atoms with Crippen molar-refractivity contribution >= 4 is 0 Å². The van der Waals surface area contributed by atoms with Crippen LogP contribution in [0, 0.1) is 5.92 Å². The SMILES string of the molecule is CC(C)C=C1N(C)CCN1C. The number of hydrogen-bond acceptors (Lipinski definition) is 2. The molecule has 1 saturated heterocycles. The minimum atomic E-state index is 0.646. The summed E-state index contributed by atoms with van der Waals surface area (Å²) >= 11 is 0. The van der Waals surface area contributed by atoms with Crippen LogP contribution in [0.2, 0.25) is 0 Å². The minimum absolute atomic E-state index is 0.646. The molecule has 2 nitrogen and oxygen atoms in total. The van der Waals surface area contributed by atoms with E-state index in [4.69, 9.17) is 0 Å². The lowest BCUT2D eigenvalue weighted by Crippen LogP contribution is -2.17. The van der Waals surface area contributed by atoms with Crippen LogP contribution in [0.1, 0.15) is 13.8 Å². The molecule has 1 aliphatic heterocycles. The molecule has 0 aliphatic carbocycles. The molecule has 0 atom stereocenters. The van der Waals surface area contributed by atoms with Gasteiger partial charge in [-0.15, -0.1) is 0 Å². The topological polar surface area (TPSA) is 6.48 Å². The molecule has 0 saturated carbocycles. The second-order valence-corrected chi connectivity index (χ2v) is 3.61. The van der Waals surface area contributed by atoms with E-state index in [1.54, 1.807) is 0 Å². The molecular formula is C9H18N2. The molecule has 0 bridgehead atoms. The predicted molar refractivity (Wildman–Crippen MR) is 48.2 cm³/mol. The molecule has 1 rings (SSSR count). The Bertz CT molecular complexity index is 149. The maximum absolute atomic E-state index is 2.31. The van der Waals surface area contributed by atoms with Crippen molar-refractivity contribution in [3.05, 3.63) is 11.9 Å². The first-order valence-electron chi connectivity index (χ1n) is 4.25. The summed E-state index contributed by atoms with van der Waals surface area (Å²) in [6, 6.07) is 0. The Balaban J connectivity index is 2.67. The van der Waals surface area contributed by atoms with Crippen LogP contribution >= 0.6 is 0 Å². The number of rotatable bonds is 1. The molecule has 1 aliphatic rings. The zero-order valence-electron chi connectivity index (χ0n) is 7.96. The third-order valence-electron chi connectivity index (χ3n) is 2.04. The Kier molecular flexibility index (Phi) is 2.42. The molecule has 1 fully saturated rings. The molecule has 0 unspecified atom stereocenters. The van der Waals surface area contributed by atoms with E-state index in [1.165, 1.54) is 5.82 Å². The minimum Gasteiger partial charge on any atom is -0.360 e. The van der Waals surface area contributed by atoms with Crippen molar-refractivity contribution < 1.29 is 0 Å². The molecule has 64 valence electrons. The normalized spacial score (nSPS) is 18.5. The lowest BCUT2D eigenvalue weighted by Gasteiger charge is -2.18. The lowest BCUT2D eigenvalue weighted by atomic mass is 10.2. The number of nitrogens with zero attached hydrogens (tertiary/aromatic N) is 2. The Morgan fingerprint density at radius 3 is 2.00 bits per heavy atom. The van der Waals surface area contributed by atoms with Crippen LogP contribution in [0.15, 0.2) is 11.9 Å². The number of hydrogen-bond donors (Lipinski definition) is 0. The molecule has 2 heteroatoms. The van der Waals surface area contributed by atoms with Gasteiger partial charge in [0.05, 0.1) is 5.82 Å². The predicted octanol–water partition coefficient (Wildman–Crippen LogP) is 1.36. The van der Waals surface area contributed by atoms with E-state index in [9.17, 15) is 0 Å². The van der Waals surface area contributed by atoms with Gasteiger partial charge in [-0.1, -0.05) is 13.8 Å². The fourth-order valence-corrected chi connectivity index (χ4v) is 1.37. The molecule has 0 aromatic rings. The summed E-state index contributed by atoms with van der Waals surface area (Å²) in [7, 11) is 4.30. The maximum atomic E-state index is 2.31. The average Bonchev–Trinajstić information content (AvgIpc) is 2.18. The molecule has 11 heavy (non-hydrogen) atoms. The smallest absolute Gasteiger partial charge is 0.0996 e. The van der Waals surface area contributed by atoms with E-state index >= 15 is 0 Å². The highest BCUT2D eigenvalue weighted by Crippen LogP contribution is 2.15. The summed E-state index contributed by atoms with van der Waals surface area (Å²) < 4.78 is 0. The summed E-state index contributed by atoms with van der Waals surface area (Å²) in [4.78, 5) is 4.61. The van der Waals surface area contributed by atoms with Gasteiger partial charge in [0.1, 0.15) is 0 Å². The quantitative estimate of drug-likeness (QED) is 0.562. The van der Waals surface area contributed by atoms with Gasteiger partial charge in [-0.05, 0) is 12.0 Å². The van der Waals surface area contributed by atoms with Crippen LogP contribution < -0.4 is 0 Å². The molecule has 1 heterocycles. The zero-order valence-corrected chi connectivity index (χ0v) is 7.96. The van der Waals surface area contributed by atoms with Gasteiger partial charge >= 0.3 is 0 Å². The van der Waals surface area contributed by atoms with Crippen LogP contribution in [0.25, 0.3) is 0 Å². The number of likely N-dealkylation sites (N-methyl/N-ethyl adjacent to an activating group) is 2. The van der Waals surface area contributed by atoms with Gasteiger partial charge < -0.3 is 9.80 Å². The average molecular weight is 154 g/mol. The highest BCUT2D eigenvalue weighted by Gasteiger charge is 2.17. The fourth-order valence-electron chi connectivity index (χ4n) is 1.37. The largest absolute Gasteiger partial charge is 0.360 e. The first-order chi connectivity index (χ1) is 5.11. The van der Waals surface area contributed by atoms with Crippen molar-refractivity contribution in [2.75, 3.05) is 27.2 Å². The van der Waals surface area contributed by atoms with Gasteiger partial charge in [0.2, 0.25) is 0 Å². The van der Waals surface area contributed by atoms with E-state index in [0.29, 0.717) is 5.92 Å². The van der Waals surface area contributed by atoms with Crippen LogP contribution in [0.3, 0.4) is 0 Å². The molecule has 0 N–H and O–H groups in total. The summed E-state index contributed by atoms with van der Waals surface area (Å²) in [6.45, 7) is 6.75. The first kappa shape index (κ1) is 8.44. The molecular weight excluding hydrogens is 136 g/mol. The Hall–Kier alpha value is -0.660. The van der Waals surface area contributed by atoms with Crippen molar-refractivity contribution in [3.63, 3.8) is 0 Å². The Morgan fingerprint density at radius 2 is 1.64 bits per heavy atom. The third kappa shape index (κ3) is 1.88.